The molecule has 120 valence electrons. The van der Waals surface area contributed by atoms with E-state index in [1.165, 1.54) is 11.3 Å². The van der Waals surface area contributed by atoms with E-state index in [0.717, 1.165) is 16.0 Å². The zero-order valence-corrected chi connectivity index (χ0v) is 15.2. The Labute approximate surface area is 146 Å². The molecule has 0 radical (unpaired) electrons. The molecule has 1 aromatic carbocycles. The van der Waals surface area contributed by atoms with Crippen molar-refractivity contribution in [2.45, 2.75) is 26.3 Å². The Bertz CT molecular complexity index is 668. The van der Waals surface area contributed by atoms with Crippen molar-refractivity contribution in [3.63, 3.8) is 0 Å². The number of hydrogen-bond donors (Lipinski definition) is 2. The molecule has 2 rings (SSSR count). The Morgan fingerprint density at radius 1 is 1.36 bits per heavy atom. The van der Waals surface area contributed by atoms with Gasteiger partial charge in [-0.15, -0.1) is 23.7 Å². The summed E-state index contributed by atoms with van der Waals surface area (Å²) in [7, 11) is 0. The quantitative estimate of drug-likeness (QED) is 0.857. The van der Waals surface area contributed by atoms with Crippen LogP contribution in [-0.4, -0.2) is 18.0 Å². The third-order valence-electron chi connectivity index (χ3n) is 3.19. The summed E-state index contributed by atoms with van der Waals surface area (Å²) in [6.07, 6.45) is 0. The second kappa shape index (κ2) is 7.47. The molecule has 1 heterocycles. The molecular formula is C16H20Cl2N2OS. The van der Waals surface area contributed by atoms with Gasteiger partial charge in [-0.25, -0.2) is 0 Å². The zero-order valence-electron chi connectivity index (χ0n) is 12.8. The molecule has 0 bridgehead atoms. The average molecular weight is 359 g/mol. The largest absolute Gasteiger partial charge is 0.345 e. The van der Waals surface area contributed by atoms with E-state index in [9.17, 15) is 4.79 Å². The Morgan fingerprint density at radius 2 is 2.05 bits per heavy atom. The van der Waals surface area contributed by atoms with E-state index in [-0.39, 0.29) is 18.3 Å². The van der Waals surface area contributed by atoms with Gasteiger partial charge in [0.2, 0.25) is 0 Å². The summed E-state index contributed by atoms with van der Waals surface area (Å²) in [5.41, 5.74) is 7.34. The van der Waals surface area contributed by atoms with Gasteiger partial charge in [-0.3, -0.25) is 4.79 Å². The van der Waals surface area contributed by atoms with Gasteiger partial charge < -0.3 is 11.1 Å². The maximum Gasteiger partial charge on any atom is 0.261 e. The molecule has 2 aromatic rings. The highest BCUT2D eigenvalue weighted by Crippen LogP contribution is 2.33. The molecule has 0 aliphatic heterocycles. The van der Waals surface area contributed by atoms with Crippen molar-refractivity contribution in [1.82, 2.24) is 5.32 Å². The lowest BCUT2D eigenvalue weighted by atomic mass is 10.1. The predicted molar refractivity (Wildman–Crippen MR) is 97.3 cm³/mol. The van der Waals surface area contributed by atoms with Crippen molar-refractivity contribution in [1.29, 1.82) is 0 Å². The van der Waals surface area contributed by atoms with Gasteiger partial charge in [0, 0.05) is 22.0 Å². The molecule has 0 fully saturated rings. The van der Waals surface area contributed by atoms with Crippen LogP contribution >= 0.6 is 35.3 Å². The number of benzene rings is 1. The molecule has 0 saturated heterocycles. The summed E-state index contributed by atoms with van der Waals surface area (Å²) >= 11 is 7.50. The normalized spacial score (nSPS) is 11.0. The van der Waals surface area contributed by atoms with E-state index in [1.54, 1.807) is 0 Å². The number of thiophene rings is 1. The van der Waals surface area contributed by atoms with E-state index < -0.39 is 5.54 Å². The lowest BCUT2D eigenvalue weighted by Crippen LogP contribution is -2.48. The number of carbonyl (C=O) groups is 1. The first kappa shape index (κ1) is 19.0. The first-order chi connectivity index (χ1) is 9.82. The topological polar surface area (TPSA) is 55.1 Å². The molecule has 1 amide bonds. The number of amides is 1. The molecule has 0 aliphatic carbocycles. The van der Waals surface area contributed by atoms with E-state index in [2.05, 4.69) is 5.32 Å². The van der Waals surface area contributed by atoms with Crippen LogP contribution in [0.3, 0.4) is 0 Å². The minimum Gasteiger partial charge on any atom is -0.345 e. The average Bonchev–Trinajstić information content (AvgIpc) is 2.80. The summed E-state index contributed by atoms with van der Waals surface area (Å²) in [5.74, 6) is -0.0909. The number of rotatable bonds is 4. The Hall–Kier alpha value is -1.07. The van der Waals surface area contributed by atoms with Crippen LogP contribution in [0, 0.1) is 6.92 Å². The van der Waals surface area contributed by atoms with Crippen LogP contribution in [0.25, 0.3) is 10.4 Å². The molecule has 22 heavy (non-hydrogen) atoms. The minimum atomic E-state index is -0.412. The Morgan fingerprint density at radius 3 is 2.64 bits per heavy atom. The molecule has 3 N–H and O–H groups in total. The van der Waals surface area contributed by atoms with Crippen molar-refractivity contribution in [3.8, 4) is 10.4 Å². The van der Waals surface area contributed by atoms with Gasteiger partial charge in [-0.2, -0.15) is 0 Å². The maximum absolute atomic E-state index is 12.3. The van der Waals surface area contributed by atoms with Crippen LogP contribution in [0.15, 0.2) is 30.3 Å². The monoisotopic (exact) mass is 358 g/mol. The highest BCUT2D eigenvalue weighted by molar-refractivity contribution is 7.17. The summed E-state index contributed by atoms with van der Waals surface area (Å²) < 4.78 is 0. The Kier molecular flexibility index (Phi) is 6.44. The van der Waals surface area contributed by atoms with Gasteiger partial charge in [-0.05, 0) is 50.1 Å². The molecule has 0 aliphatic rings. The standard InChI is InChI=1S/C16H19ClN2OS.ClH/c1-10-7-13(15(20)19-16(2,3)9-18)21-14(10)11-5-4-6-12(17)8-11;/h4-8H,9,18H2,1-3H3,(H,19,20);1H. The molecule has 0 atom stereocenters. The van der Waals surface area contributed by atoms with E-state index in [1.807, 2.05) is 51.1 Å². The minimum absolute atomic E-state index is 0. The molecule has 0 saturated carbocycles. The second-order valence-electron chi connectivity index (χ2n) is 5.68. The predicted octanol–water partition coefficient (Wildman–Crippen LogP) is 4.27. The summed E-state index contributed by atoms with van der Waals surface area (Å²) in [4.78, 5) is 14.0. The summed E-state index contributed by atoms with van der Waals surface area (Å²) in [6, 6.07) is 9.56. The van der Waals surface area contributed by atoms with Gasteiger partial charge >= 0.3 is 0 Å². The van der Waals surface area contributed by atoms with E-state index in [0.29, 0.717) is 16.4 Å². The van der Waals surface area contributed by atoms with Crippen molar-refractivity contribution in [2.75, 3.05) is 6.54 Å². The lowest BCUT2D eigenvalue weighted by Gasteiger charge is -2.23. The molecule has 3 nitrogen and oxygen atoms in total. The number of halogens is 2. The van der Waals surface area contributed by atoms with Crippen LogP contribution in [0.5, 0.6) is 0 Å². The number of hydrogen-bond acceptors (Lipinski definition) is 3. The van der Waals surface area contributed by atoms with Crippen LogP contribution in [0.4, 0.5) is 0 Å². The highest BCUT2D eigenvalue weighted by Gasteiger charge is 2.21. The fourth-order valence-electron chi connectivity index (χ4n) is 1.93. The summed E-state index contributed by atoms with van der Waals surface area (Å²) in [6.45, 7) is 6.20. The number of carbonyl (C=O) groups excluding carboxylic acids is 1. The lowest BCUT2D eigenvalue weighted by molar-refractivity contribution is 0.0920. The van der Waals surface area contributed by atoms with Crippen molar-refractivity contribution < 1.29 is 4.79 Å². The molecule has 0 spiro atoms. The highest BCUT2D eigenvalue weighted by atomic mass is 35.5. The third-order valence-corrected chi connectivity index (χ3v) is 4.71. The maximum atomic E-state index is 12.3. The Balaban J connectivity index is 0.00000242. The zero-order chi connectivity index (χ0) is 15.6. The van der Waals surface area contributed by atoms with Crippen LogP contribution in [0.1, 0.15) is 29.1 Å². The van der Waals surface area contributed by atoms with Crippen LogP contribution in [0.2, 0.25) is 5.02 Å². The van der Waals surface area contributed by atoms with Gasteiger partial charge in [0.25, 0.3) is 5.91 Å². The van der Waals surface area contributed by atoms with Crippen molar-refractivity contribution in [3.05, 3.63) is 45.8 Å². The summed E-state index contributed by atoms with van der Waals surface area (Å²) in [5, 5.41) is 3.64. The fraction of sp³-hybridized carbons (Fsp3) is 0.312. The first-order valence-electron chi connectivity index (χ1n) is 6.71. The number of nitrogens with two attached hydrogens (primary N) is 1. The third kappa shape index (κ3) is 4.46. The van der Waals surface area contributed by atoms with Crippen LogP contribution < -0.4 is 11.1 Å². The van der Waals surface area contributed by atoms with Gasteiger partial charge in [-0.1, -0.05) is 23.7 Å². The van der Waals surface area contributed by atoms with E-state index >= 15 is 0 Å². The van der Waals surface area contributed by atoms with Crippen LogP contribution in [-0.2, 0) is 0 Å². The van der Waals surface area contributed by atoms with Crippen molar-refractivity contribution in [2.24, 2.45) is 5.73 Å². The van der Waals surface area contributed by atoms with Gasteiger partial charge in [0.05, 0.1) is 4.88 Å². The van der Waals surface area contributed by atoms with E-state index in [4.69, 9.17) is 17.3 Å². The van der Waals surface area contributed by atoms with Crippen molar-refractivity contribution >= 4 is 41.3 Å². The van der Waals surface area contributed by atoms with Gasteiger partial charge in [0.15, 0.2) is 0 Å². The van der Waals surface area contributed by atoms with Gasteiger partial charge in [0.1, 0.15) is 0 Å². The molecule has 0 unspecified atom stereocenters. The molecular weight excluding hydrogens is 339 g/mol. The fourth-order valence-corrected chi connectivity index (χ4v) is 3.18. The smallest absolute Gasteiger partial charge is 0.261 e. The SMILES string of the molecule is Cc1cc(C(=O)NC(C)(C)CN)sc1-c1cccc(Cl)c1.Cl. The molecule has 1 aromatic heterocycles. The number of nitrogens with one attached hydrogen (secondary N) is 1. The number of aryl methyl sites for hydroxylation is 1. The second-order valence-corrected chi connectivity index (χ2v) is 7.16. The molecule has 6 heteroatoms. The first-order valence-corrected chi connectivity index (χ1v) is 7.91.